The highest BCUT2D eigenvalue weighted by molar-refractivity contribution is 9.10. The lowest BCUT2D eigenvalue weighted by Crippen LogP contribution is -2.42. The van der Waals surface area contributed by atoms with E-state index in [2.05, 4.69) is 26.2 Å². The standard InChI is InChI=1S/C33H25BrN4O7S2/c34-15-6-11-22(45-14-23(39)35-16-4-2-1-3-5-16)19(12-15)24-25-20-13-21(28(25)46-30-29(24)47-33(42)36-30)27-26(20)31(40)37(32(27)41)17-7-9-18(10-8-17)38(43)44/h1-12,20-21,24-28H,13-14H2,(H,35,39)(H,36,42)/t20-,21-,24-,25?,26?,27?,28?/m1/s1. The Balaban J connectivity index is 1.14. The summed E-state index contributed by atoms with van der Waals surface area (Å²) in [6.07, 6.45) is 0.697. The Bertz CT molecular complexity index is 2020. The zero-order valence-corrected chi connectivity index (χ0v) is 27.5. The molecule has 47 heavy (non-hydrogen) atoms. The van der Waals surface area contributed by atoms with Gasteiger partial charge >= 0.3 is 4.87 Å². The van der Waals surface area contributed by atoms with E-state index in [1.165, 1.54) is 29.2 Å². The number of anilines is 2. The molecule has 3 fully saturated rings. The number of H-pyrrole nitrogens is 1. The first-order chi connectivity index (χ1) is 22.7. The van der Waals surface area contributed by atoms with Crippen LogP contribution in [0.15, 0.2) is 87.1 Å². The van der Waals surface area contributed by atoms with Crippen LogP contribution in [-0.4, -0.2) is 39.5 Å². The van der Waals surface area contributed by atoms with Gasteiger partial charge in [-0.15, -0.1) is 11.8 Å². The molecule has 4 aliphatic rings. The van der Waals surface area contributed by atoms with Crippen LogP contribution in [-0.2, 0) is 14.4 Å². The molecule has 2 N–H and O–H groups in total. The lowest BCUT2D eigenvalue weighted by Gasteiger charge is -2.43. The molecule has 238 valence electrons. The van der Waals surface area contributed by atoms with E-state index < -0.39 is 16.8 Å². The quantitative estimate of drug-likeness (QED) is 0.137. The Labute approximate surface area is 284 Å². The fourth-order valence-electron chi connectivity index (χ4n) is 8.10. The highest BCUT2D eigenvalue weighted by Gasteiger charge is 2.70. The molecule has 11 nitrogen and oxygen atoms in total. The number of nitrogens with one attached hydrogen (secondary N) is 2. The lowest BCUT2D eigenvalue weighted by atomic mass is 9.68. The third-order valence-electron chi connectivity index (χ3n) is 9.77. The fraction of sp³-hybridized carbons (Fsp3) is 0.273. The number of rotatable bonds is 7. The largest absolute Gasteiger partial charge is 0.483 e. The number of carbonyl (C=O) groups is 3. The van der Waals surface area contributed by atoms with Crippen molar-refractivity contribution >= 4 is 73.8 Å². The van der Waals surface area contributed by atoms with Gasteiger partial charge in [-0.25, -0.2) is 0 Å². The number of imide groups is 1. The number of fused-ring (bicyclic) bond motifs is 9. The second-order valence-electron chi connectivity index (χ2n) is 12.1. The van der Waals surface area contributed by atoms with Crippen molar-refractivity contribution in [2.75, 3.05) is 16.8 Å². The monoisotopic (exact) mass is 732 g/mol. The maximum Gasteiger partial charge on any atom is 0.305 e. The molecule has 3 heterocycles. The number of amides is 3. The number of non-ortho nitro benzene ring substituents is 1. The van der Waals surface area contributed by atoms with Gasteiger partial charge < -0.3 is 15.0 Å². The zero-order valence-electron chi connectivity index (χ0n) is 24.3. The molecular formula is C33H25BrN4O7S2. The van der Waals surface area contributed by atoms with Crippen molar-refractivity contribution in [3.63, 3.8) is 0 Å². The third kappa shape index (κ3) is 4.92. The maximum atomic E-state index is 14.1. The van der Waals surface area contributed by atoms with Gasteiger partial charge in [0.05, 0.1) is 27.5 Å². The Hall–Kier alpha value is -4.27. The minimum absolute atomic E-state index is 0.0502. The summed E-state index contributed by atoms with van der Waals surface area (Å²) in [5, 5.41) is 14.7. The number of thioether (sulfide) groups is 1. The molecule has 2 saturated carbocycles. The van der Waals surface area contributed by atoms with E-state index in [4.69, 9.17) is 4.74 Å². The summed E-state index contributed by atoms with van der Waals surface area (Å²) in [4.78, 5) is 69.1. The van der Waals surface area contributed by atoms with Gasteiger partial charge in [0, 0.05) is 43.9 Å². The first-order valence-electron chi connectivity index (χ1n) is 15.0. The summed E-state index contributed by atoms with van der Waals surface area (Å²) in [6, 6.07) is 20.2. The van der Waals surface area contributed by atoms with Crippen LogP contribution in [0.5, 0.6) is 5.75 Å². The van der Waals surface area contributed by atoms with Crippen LogP contribution in [0.25, 0.3) is 0 Å². The molecule has 3 amide bonds. The molecule has 3 aromatic carbocycles. The number of nitrogens with zero attached hydrogens (tertiary/aromatic N) is 2. The number of aromatic amines is 1. The first-order valence-corrected chi connectivity index (χ1v) is 17.5. The average Bonchev–Trinajstić information content (AvgIpc) is 3.79. The number of hydrogen-bond acceptors (Lipinski definition) is 9. The van der Waals surface area contributed by atoms with Crippen molar-refractivity contribution < 1.29 is 24.0 Å². The summed E-state index contributed by atoms with van der Waals surface area (Å²) in [6.45, 7) is -0.233. The predicted molar refractivity (Wildman–Crippen MR) is 179 cm³/mol. The summed E-state index contributed by atoms with van der Waals surface area (Å²) in [5.41, 5.74) is 1.66. The number of hydrogen-bond donors (Lipinski definition) is 2. The van der Waals surface area contributed by atoms with Crippen LogP contribution < -0.4 is 19.8 Å². The molecule has 1 saturated heterocycles. The molecule has 0 radical (unpaired) electrons. The number of aromatic nitrogens is 1. The summed E-state index contributed by atoms with van der Waals surface area (Å²) in [5.74, 6) is -2.11. The molecule has 7 atom stereocenters. The van der Waals surface area contributed by atoms with Crippen molar-refractivity contribution in [3.8, 4) is 5.75 Å². The van der Waals surface area contributed by atoms with Crippen LogP contribution in [0.4, 0.5) is 17.1 Å². The molecule has 2 aliphatic heterocycles. The minimum atomic E-state index is -0.544. The van der Waals surface area contributed by atoms with Gasteiger partial charge in [-0.2, -0.15) is 0 Å². The second kappa shape index (κ2) is 11.5. The fourth-order valence-corrected chi connectivity index (χ4v) is 11.4. The summed E-state index contributed by atoms with van der Waals surface area (Å²) < 4.78 is 6.95. The average molecular weight is 734 g/mol. The van der Waals surface area contributed by atoms with Crippen molar-refractivity contribution in [1.29, 1.82) is 0 Å². The van der Waals surface area contributed by atoms with Gasteiger partial charge in [0.2, 0.25) is 11.8 Å². The molecule has 4 aromatic rings. The Morgan fingerprint density at radius 1 is 1.02 bits per heavy atom. The van der Waals surface area contributed by atoms with E-state index in [-0.39, 0.29) is 63.8 Å². The molecule has 14 heteroatoms. The SMILES string of the molecule is O=C(COc1ccc(Br)cc1[C@H]1c2sc(=O)[nH]c2SC2C1[C@H]1C[C@@H]2C2C(=O)N(c3ccc([N+](=O)[O-])cc3)C(=O)C21)Nc1ccccc1. The van der Waals surface area contributed by atoms with E-state index in [9.17, 15) is 29.3 Å². The summed E-state index contributed by atoms with van der Waals surface area (Å²) in [7, 11) is 0. The Kier molecular flexibility index (Phi) is 7.33. The van der Waals surface area contributed by atoms with Crippen molar-refractivity contribution in [2.24, 2.45) is 29.6 Å². The number of nitro benzene ring substituents is 1. The van der Waals surface area contributed by atoms with Crippen molar-refractivity contribution in [2.45, 2.75) is 22.6 Å². The van der Waals surface area contributed by atoms with Crippen LogP contribution >= 0.6 is 39.0 Å². The number of thiazole rings is 1. The molecule has 2 aliphatic carbocycles. The number of carbonyl (C=O) groups excluding carboxylic acids is 3. The number of nitro groups is 1. The maximum absolute atomic E-state index is 14.1. The number of para-hydroxylation sites is 1. The number of halogens is 1. The van der Waals surface area contributed by atoms with Crippen molar-refractivity contribution in [3.05, 3.63) is 107 Å². The van der Waals surface area contributed by atoms with Gasteiger partial charge in [0.1, 0.15) is 5.75 Å². The third-order valence-corrected chi connectivity index (χ3v) is 12.8. The Morgan fingerprint density at radius 2 is 1.74 bits per heavy atom. The second-order valence-corrected chi connectivity index (χ2v) is 15.2. The smallest absolute Gasteiger partial charge is 0.305 e. The van der Waals surface area contributed by atoms with E-state index in [1.807, 2.05) is 30.3 Å². The Morgan fingerprint density at radius 3 is 2.47 bits per heavy atom. The van der Waals surface area contributed by atoms with Gasteiger partial charge in [0.15, 0.2) is 6.61 Å². The lowest BCUT2D eigenvalue weighted by molar-refractivity contribution is -0.384. The van der Waals surface area contributed by atoms with E-state index in [0.717, 1.165) is 31.3 Å². The minimum Gasteiger partial charge on any atom is -0.483 e. The summed E-state index contributed by atoms with van der Waals surface area (Å²) >= 11 is 6.32. The molecular weight excluding hydrogens is 708 g/mol. The first kappa shape index (κ1) is 30.1. The van der Waals surface area contributed by atoms with Crippen LogP contribution in [0.3, 0.4) is 0 Å². The highest BCUT2D eigenvalue weighted by Crippen LogP contribution is 2.69. The topological polar surface area (TPSA) is 152 Å². The normalized spacial score (nSPS) is 26.9. The zero-order chi connectivity index (χ0) is 32.6. The van der Waals surface area contributed by atoms with Gasteiger partial charge in [0.25, 0.3) is 11.6 Å². The van der Waals surface area contributed by atoms with Gasteiger partial charge in [-0.1, -0.05) is 45.5 Å². The van der Waals surface area contributed by atoms with Gasteiger partial charge in [-0.05, 0) is 66.6 Å². The molecule has 4 unspecified atom stereocenters. The van der Waals surface area contributed by atoms with Crippen LogP contribution in [0.2, 0.25) is 0 Å². The molecule has 0 spiro atoms. The molecule has 2 bridgehead atoms. The molecule has 1 aromatic heterocycles. The van der Waals surface area contributed by atoms with E-state index in [0.29, 0.717) is 23.5 Å². The number of benzene rings is 3. The van der Waals surface area contributed by atoms with Gasteiger partial charge in [-0.3, -0.25) is 34.2 Å². The highest BCUT2D eigenvalue weighted by atomic mass is 79.9. The number of ether oxygens (including phenoxy) is 1. The van der Waals surface area contributed by atoms with Crippen LogP contribution in [0.1, 0.15) is 22.8 Å². The predicted octanol–water partition coefficient (Wildman–Crippen LogP) is 5.80. The van der Waals surface area contributed by atoms with E-state index >= 15 is 0 Å². The van der Waals surface area contributed by atoms with Crippen LogP contribution in [0, 0.1) is 39.7 Å². The molecule has 8 rings (SSSR count). The van der Waals surface area contributed by atoms with E-state index in [1.54, 1.807) is 30.0 Å². The van der Waals surface area contributed by atoms with Crippen molar-refractivity contribution in [1.82, 2.24) is 4.98 Å².